The number of hydrogen-bond donors (Lipinski definition) is 1. The summed E-state index contributed by atoms with van der Waals surface area (Å²) in [5.41, 5.74) is 4.76. The summed E-state index contributed by atoms with van der Waals surface area (Å²) in [5, 5.41) is 2.14. The molecule has 0 spiro atoms. The lowest BCUT2D eigenvalue weighted by Gasteiger charge is -2.15. The van der Waals surface area contributed by atoms with Crippen LogP contribution in [0, 0.1) is 6.92 Å². The van der Waals surface area contributed by atoms with Gasteiger partial charge in [0.15, 0.2) is 0 Å². The topological polar surface area (TPSA) is 17.0 Å². The summed E-state index contributed by atoms with van der Waals surface area (Å²) in [6.07, 6.45) is 4.03. The minimum atomic E-state index is 0.363. The van der Waals surface area contributed by atoms with Crippen LogP contribution in [0.4, 0.5) is 0 Å². The standard InChI is InChI=1S/C11H14N2S/c1-9-5-8-14-11(9)10(2)12-13-6-3-4-7-13/h3-8,10,12H,1-2H3. The first kappa shape index (κ1) is 9.34. The van der Waals surface area contributed by atoms with Crippen LogP contribution in [0.15, 0.2) is 36.0 Å². The molecule has 0 fully saturated rings. The summed E-state index contributed by atoms with van der Waals surface area (Å²) >= 11 is 1.80. The molecular formula is C11H14N2S. The molecule has 2 heterocycles. The molecule has 0 amide bonds. The molecule has 2 rings (SSSR count). The first-order valence-electron chi connectivity index (χ1n) is 4.71. The van der Waals surface area contributed by atoms with Crippen molar-refractivity contribution in [2.24, 2.45) is 0 Å². The average molecular weight is 206 g/mol. The third-order valence-electron chi connectivity index (χ3n) is 2.24. The van der Waals surface area contributed by atoms with Crippen LogP contribution < -0.4 is 5.43 Å². The van der Waals surface area contributed by atoms with Crippen molar-refractivity contribution in [2.45, 2.75) is 19.9 Å². The van der Waals surface area contributed by atoms with Crippen molar-refractivity contribution in [3.63, 3.8) is 0 Å². The van der Waals surface area contributed by atoms with E-state index in [4.69, 9.17) is 0 Å². The van der Waals surface area contributed by atoms with Crippen molar-refractivity contribution in [3.05, 3.63) is 46.4 Å². The van der Waals surface area contributed by atoms with Crippen LogP contribution >= 0.6 is 11.3 Å². The van der Waals surface area contributed by atoms with Crippen LogP contribution in [-0.4, -0.2) is 4.68 Å². The maximum absolute atomic E-state index is 3.39. The number of thiophene rings is 1. The Hall–Kier alpha value is -1.22. The van der Waals surface area contributed by atoms with Gasteiger partial charge in [-0.2, -0.15) is 0 Å². The zero-order valence-corrected chi connectivity index (χ0v) is 9.21. The van der Waals surface area contributed by atoms with Gasteiger partial charge in [-0.1, -0.05) is 0 Å². The molecule has 2 aromatic heterocycles. The highest BCUT2D eigenvalue weighted by Crippen LogP contribution is 2.23. The Bertz CT molecular complexity index is 389. The van der Waals surface area contributed by atoms with Gasteiger partial charge in [0.05, 0.1) is 6.04 Å². The molecule has 1 atom stereocenters. The highest BCUT2D eigenvalue weighted by Gasteiger charge is 2.08. The lowest BCUT2D eigenvalue weighted by molar-refractivity contribution is 0.735. The molecule has 0 radical (unpaired) electrons. The number of aromatic nitrogens is 1. The van der Waals surface area contributed by atoms with Crippen molar-refractivity contribution in [2.75, 3.05) is 5.43 Å². The SMILES string of the molecule is Cc1ccsc1C(C)Nn1cccc1. The second-order valence-electron chi connectivity index (χ2n) is 3.41. The molecule has 1 N–H and O–H groups in total. The van der Waals surface area contributed by atoms with Gasteiger partial charge in [0.25, 0.3) is 0 Å². The molecule has 0 aliphatic heterocycles. The Labute approximate surface area is 88.2 Å². The number of aryl methyl sites for hydroxylation is 1. The van der Waals surface area contributed by atoms with E-state index in [9.17, 15) is 0 Å². The van der Waals surface area contributed by atoms with Gasteiger partial charge in [-0.25, -0.2) is 0 Å². The highest BCUT2D eigenvalue weighted by atomic mass is 32.1. The van der Waals surface area contributed by atoms with E-state index in [1.165, 1.54) is 10.4 Å². The Morgan fingerprint density at radius 1 is 1.36 bits per heavy atom. The summed E-state index contributed by atoms with van der Waals surface area (Å²) in [4.78, 5) is 1.40. The second kappa shape index (κ2) is 3.88. The minimum Gasteiger partial charge on any atom is -0.318 e. The summed E-state index contributed by atoms with van der Waals surface area (Å²) in [6, 6.07) is 6.55. The van der Waals surface area contributed by atoms with Crippen molar-refractivity contribution in [3.8, 4) is 0 Å². The molecule has 1 unspecified atom stereocenters. The van der Waals surface area contributed by atoms with E-state index < -0.39 is 0 Å². The van der Waals surface area contributed by atoms with Crippen LogP contribution in [0.25, 0.3) is 0 Å². The van der Waals surface area contributed by atoms with Gasteiger partial charge in [-0.15, -0.1) is 11.3 Å². The fraction of sp³-hybridized carbons (Fsp3) is 0.273. The lowest BCUT2D eigenvalue weighted by atomic mass is 10.2. The maximum Gasteiger partial charge on any atom is 0.0740 e. The molecule has 3 heteroatoms. The predicted molar refractivity (Wildman–Crippen MR) is 61.3 cm³/mol. The summed E-state index contributed by atoms with van der Waals surface area (Å²) in [5.74, 6) is 0. The normalized spacial score (nSPS) is 12.7. The van der Waals surface area contributed by atoms with E-state index in [1.54, 1.807) is 11.3 Å². The Kier molecular flexibility index (Phi) is 2.59. The van der Waals surface area contributed by atoms with Crippen molar-refractivity contribution in [1.82, 2.24) is 4.68 Å². The summed E-state index contributed by atoms with van der Waals surface area (Å²) in [6.45, 7) is 4.33. The van der Waals surface area contributed by atoms with Crippen molar-refractivity contribution in [1.29, 1.82) is 0 Å². The second-order valence-corrected chi connectivity index (χ2v) is 4.36. The van der Waals surface area contributed by atoms with Gasteiger partial charge in [0, 0.05) is 17.3 Å². The molecule has 0 aromatic carbocycles. The maximum atomic E-state index is 3.39. The Balaban J connectivity index is 2.10. The smallest absolute Gasteiger partial charge is 0.0740 e. The quantitative estimate of drug-likeness (QED) is 0.816. The van der Waals surface area contributed by atoms with E-state index in [0.29, 0.717) is 6.04 Å². The predicted octanol–water partition coefficient (Wildman–Crippen LogP) is 3.16. The third-order valence-corrected chi connectivity index (χ3v) is 3.44. The average Bonchev–Trinajstić information content (AvgIpc) is 2.75. The van der Waals surface area contributed by atoms with E-state index in [-0.39, 0.29) is 0 Å². The molecule has 2 nitrogen and oxygen atoms in total. The van der Waals surface area contributed by atoms with Gasteiger partial charge < -0.3 is 5.43 Å². The minimum absolute atomic E-state index is 0.363. The van der Waals surface area contributed by atoms with Gasteiger partial charge in [-0.3, -0.25) is 4.68 Å². The molecule has 0 saturated carbocycles. The molecule has 0 aliphatic carbocycles. The molecular weight excluding hydrogens is 192 g/mol. The third kappa shape index (κ3) is 1.82. The van der Waals surface area contributed by atoms with Crippen molar-refractivity contribution >= 4 is 11.3 Å². The molecule has 0 bridgehead atoms. The summed E-state index contributed by atoms with van der Waals surface area (Å²) < 4.78 is 1.99. The monoisotopic (exact) mass is 206 g/mol. The fourth-order valence-electron chi connectivity index (χ4n) is 1.53. The van der Waals surface area contributed by atoms with Crippen LogP contribution in [0.2, 0.25) is 0 Å². The van der Waals surface area contributed by atoms with Crippen LogP contribution in [0.3, 0.4) is 0 Å². The van der Waals surface area contributed by atoms with E-state index in [1.807, 2.05) is 29.2 Å². The zero-order valence-electron chi connectivity index (χ0n) is 8.40. The first-order valence-corrected chi connectivity index (χ1v) is 5.59. The number of rotatable bonds is 3. The van der Waals surface area contributed by atoms with E-state index >= 15 is 0 Å². The van der Waals surface area contributed by atoms with Crippen LogP contribution in [0.5, 0.6) is 0 Å². The number of nitrogens with zero attached hydrogens (tertiary/aromatic N) is 1. The highest BCUT2D eigenvalue weighted by molar-refractivity contribution is 7.10. The molecule has 2 aromatic rings. The van der Waals surface area contributed by atoms with E-state index in [0.717, 1.165) is 0 Å². The number of nitrogens with one attached hydrogen (secondary N) is 1. The lowest BCUT2D eigenvalue weighted by Crippen LogP contribution is -2.16. The van der Waals surface area contributed by atoms with Gasteiger partial charge >= 0.3 is 0 Å². The zero-order chi connectivity index (χ0) is 9.97. The first-order chi connectivity index (χ1) is 6.77. The summed E-state index contributed by atoms with van der Waals surface area (Å²) in [7, 11) is 0. The van der Waals surface area contributed by atoms with Gasteiger partial charge in [-0.05, 0) is 43.0 Å². The fourth-order valence-corrected chi connectivity index (χ4v) is 2.46. The van der Waals surface area contributed by atoms with Crippen LogP contribution in [-0.2, 0) is 0 Å². The molecule has 0 saturated heterocycles. The molecule has 0 aliphatic rings. The Morgan fingerprint density at radius 2 is 2.07 bits per heavy atom. The molecule has 14 heavy (non-hydrogen) atoms. The van der Waals surface area contributed by atoms with Crippen molar-refractivity contribution < 1.29 is 0 Å². The largest absolute Gasteiger partial charge is 0.318 e. The van der Waals surface area contributed by atoms with Crippen LogP contribution in [0.1, 0.15) is 23.4 Å². The Morgan fingerprint density at radius 3 is 2.64 bits per heavy atom. The van der Waals surface area contributed by atoms with Gasteiger partial charge in [0.2, 0.25) is 0 Å². The van der Waals surface area contributed by atoms with Gasteiger partial charge in [0.1, 0.15) is 0 Å². The van der Waals surface area contributed by atoms with E-state index in [2.05, 4.69) is 30.7 Å². The number of hydrogen-bond acceptors (Lipinski definition) is 2. The molecule has 74 valence electrons.